The summed E-state index contributed by atoms with van der Waals surface area (Å²) in [4.78, 5) is 28.2. The maximum Gasteiger partial charge on any atom is 0.413 e. The third kappa shape index (κ3) is 3.78. The Kier molecular flexibility index (Phi) is 5.03. The summed E-state index contributed by atoms with van der Waals surface area (Å²) in [7, 11) is 4.58. The number of carbonyl (C=O) groups excluding carboxylic acids is 2. The predicted octanol–water partition coefficient (Wildman–Crippen LogP) is 1.70. The lowest BCUT2D eigenvalue weighted by Crippen LogP contribution is -2.27. The van der Waals surface area contributed by atoms with E-state index in [0.29, 0.717) is 27.4 Å². The molecule has 9 heteroatoms. The van der Waals surface area contributed by atoms with Crippen LogP contribution in [0.15, 0.2) is 6.07 Å². The first-order valence-corrected chi connectivity index (χ1v) is 8.04. The van der Waals surface area contributed by atoms with Crippen LogP contribution in [0.2, 0.25) is 0 Å². The number of amides is 1. The molecule has 0 saturated heterocycles. The first-order valence-electron chi connectivity index (χ1n) is 7.22. The van der Waals surface area contributed by atoms with Crippen LogP contribution < -0.4 is 15.5 Å². The van der Waals surface area contributed by atoms with E-state index in [1.165, 1.54) is 25.6 Å². The van der Waals surface area contributed by atoms with E-state index in [0.717, 1.165) is 4.70 Å². The fourth-order valence-electron chi connectivity index (χ4n) is 2.17. The number of benzene rings is 1. The van der Waals surface area contributed by atoms with Gasteiger partial charge in [0.2, 0.25) is 0 Å². The number of nitrogens with one attached hydrogen (secondary N) is 1. The number of aromatic nitrogens is 1. The Bertz CT molecular complexity index is 797. The molecule has 24 heavy (non-hydrogen) atoms. The Hall–Kier alpha value is -2.29. The van der Waals surface area contributed by atoms with E-state index in [9.17, 15) is 9.59 Å². The molecule has 2 rings (SSSR count). The molecule has 0 aliphatic carbocycles. The van der Waals surface area contributed by atoms with E-state index >= 15 is 0 Å². The molecule has 2 aromatic rings. The van der Waals surface area contributed by atoms with Crippen molar-refractivity contribution in [2.45, 2.75) is 26.4 Å². The molecule has 1 aromatic carbocycles. The zero-order valence-electron chi connectivity index (χ0n) is 14.5. The Labute approximate surface area is 144 Å². The Morgan fingerprint density at radius 1 is 1.29 bits per heavy atom. The molecule has 0 saturated carbocycles. The van der Waals surface area contributed by atoms with Crippen LogP contribution in [0.3, 0.4) is 0 Å². The number of esters is 1. The van der Waals surface area contributed by atoms with Gasteiger partial charge in [0.1, 0.15) is 24.8 Å². The highest BCUT2D eigenvalue weighted by molar-refractivity contribution is 7.22. The second-order valence-electron chi connectivity index (χ2n) is 6.07. The van der Waals surface area contributed by atoms with Crippen LogP contribution in [0.1, 0.15) is 31.1 Å². The standard InChI is InChI=1S/C15H19BN2O5S/c1-15(2,3)23-14(20)18-13-17-10-8(24-13)6-7(12(19)22-5)11(21-4)9(10)16/h6H,16H2,1-5H3,(H,17,18,20). The van der Waals surface area contributed by atoms with E-state index in [4.69, 9.17) is 14.2 Å². The molecule has 0 unspecified atom stereocenters. The number of nitrogens with zero attached hydrogens (tertiary/aromatic N) is 1. The lowest BCUT2D eigenvalue weighted by Gasteiger charge is -2.18. The molecule has 0 spiro atoms. The minimum Gasteiger partial charge on any atom is -0.496 e. The number of rotatable bonds is 3. The number of carbonyl (C=O) groups is 2. The van der Waals surface area contributed by atoms with Gasteiger partial charge in [0.25, 0.3) is 0 Å². The number of thiazole rings is 1. The summed E-state index contributed by atoms with van der Waals surface area (Å²) >= 11 is 1.24. The van der Waals surface area contributed by atoms with Gasteiger partial charge < -0.3 is 14.2 Å². The first-order chi connectivity index (χ1) is 11.2. The molecule has 0 aliphatic rings. The normalized spacial score (nSPS) is 11.2. The number of hydrogen-bond donors (Lipinski definition) is 1. The number of methoxy groups -OCH3 is 2. The van der Waals surface area contributed by atoms with Crippen molar-refractivity contribution in [1.29, 1.82) is 0 Å². The molecule has 1 heterocycles. The quantitative estimate of drug-likeness (QED) is 0.670. The molecule has 128 valence electrons. The highest BCUT2D eigenvalue weighted by Gasteiger charge is 2.21. The second-order valence-corrected chi connectivity index (χ2v) is 7.10. The van der Waals surface area contributed by atoms with E-state index in [1.54, 1.807) is 34.7 Å². The van der Waals surface area contributed by atoms with Gasteiger partial charge in [-0.3, -0.25) is 5.32 Å². The van der Waals surface area contributed by atoms with Crippen LogP contribution in [0, 0.1) is 0 Å². The van der Waals surface area contributed by atoms with Crippen molar-refractivity contribution in [3.63, 3.8) is 0 Å². The molecule has 0 fully saturated rings. The fraction of sp³-hybridized carbons (Fsp3) is 0.400. The average Bonchev–Trinajstić information content (AvgIpc) is 2.86. The molecule has 0 atom stereocenters. The third-order valence-corrected chi connectivity index (χ3v) is 4.00. The summed E-state index contributed by atoms with van der Waals surface area (Å²) in [5.74, 6) is -0.0876. The summed E-state index contributed by atoms with van der Waals surface area (Å²) in [6, 6.07) is 1.64. The molecule has 7 nitrogen and oxygen atoms in total. The van der Waals surface area contributed by atoms with Crippen molar-refractivity contribution in [2.24, 2.45) is 0 Å². The van der Waals surface area contributed by atoms with E-state index < -0.39 is 17.7 Å². The molecular formula is C15H19BN2O5S. The summed E-state index contributed by atoms with van der Waals surface area (Å²) < 4.78 is 16.0. The average molecular weight is 350 g/mol. The van der Waals surface area contributed by atoms with Crippen LogP contribution >= 0.6 is 11.3 Å². The molecule has 0 radical (unpaired) electrons. The highest BCUT2D eigenvalue weighted by Crippen LogP contribution is 2.30. The molecule has 0 aliphatic heterocycles. The minimum absolute atomic E-state index is 0.317. The Balaban J connectivity index is 2.42. The monoisotopic (exact) mass is 350 g/mol. The highest BCUT2D eigenvalue weighted by atomic mass is 32.1. The maximum atomic E-state index is 11.9. The maximum absolute atomic E-state index is 11.9. The van der Waals surface area contributed by atoms with Crippen LogP contribution in [-0.4, -0.2) is 44.7 Å². The van der Waals surface area contributed by atoms with Crippen molar-refractivity contribution >= 4 is 52.1 Å². The fourth-order valence-corrected chi connectivity index (χ4v) is 3.13. The van der Waals surface area contributed by atoms with Crippen LogP contribution in [0.5, 0.6) is 5.75 Å². The number of anilines is 1. The van der Waals surface area contributed by atoms with Crippen LogP contribution in [0.25, 0.3) is 10.2 Å². The lowest BCUT2D eigenvalue weighted by molar-refractivity contribution is 0.0595. The van der Waals surface area contributed by atoms with Gasteiger partial charge in [-0.15, -0.1) is 0 Å². The summed E-state index contributed by atoms with van der Waals surface area (Å²) in [5, 5.41) is 2.99. The zero-order valence-corrected chi connectivity index (χ0v) is 15.3. The predicted molar refractivity (Wildman–Crippen MR) is 95.5 cm³/mol. The van der Waals surface area contributed by atoms with E-state index in [2.05, 4.69) is 10.3 Å². The van der Waals surface area contributed by atoms with Gasteiger partial charge in [-0.25, -0.2) is 14.6 Å². The number of fused-ring (bicyclic) bond motifs is 1. The van der Waals surface area contributed by atoms with Crippen molar-refractivity contribution in [1.82, 2.24) is 4.98 Å². The molecule has 1 amide bonds. The summed E-state index contributed by atoms with van der Waals surface area (Å²) in [6.07, 6.45) is -0.584. The van der Waals surface area contributed by atoms with Gasteiger partial charge in [-0.2, -0.15) is 0 Å². The second kappa shape index (κ2) is 6.68. The van der Waals surface area contributed by atoms with Crippen LogP contribution in [0.4, 0.5) is 9.93 Å². The molecule has 0 bridgehead atoms. The van der Waals surface area contributed by atoms with Crippen LogP contribution in [-0.2, 0) is 9.47 Å². The van der Waals surface area contributed by atoms with E-state index in [-0.39, 0.29) is 0 Å². The minimum atomic E-state index is -0.599. The van der Waals surface area contributed by atoms with Gasteiger partial charge in [-0.1, -0.05) is 11.3 Å². The smallest absolute Gasteiger partial charge is 0.413 e. The molecular weight excluding hydrogens is 331 g/mol. The lowest BCUT2D eigenvalue weighted by atomic mass is 9.91. The molecule has 1 N–H and O–H groups in total. The van der Waals surface area contributed by atoms with Gasteiger partial charge >= 0.3 is 12.1 Å². The Morgan fingerprint density at radius 3 is 2.50 bits per heavy atom. The first kappa shape index (κ1) is 18.1. The van der Waals surface area contributed by atoms with E-state index in [1.807, 2.05) is 0 Å². The zero-order chi connectivity index (χ0) is 18.1. The topological polar surface area (TPSA) is 86.8 Å². The SMILES string of the molecule is Bc1c(OC)c(C(=O)OC)cc2sc(NC(=O)OC(C)(C)C)nc12. The van der Waals surface area contributed by atoms with Crippen molar-refractivity contribution in [2.75, 3.05) is 19.5 Å². The van der Waals surface area contributed by atoms with Crippen molar-refractivity contribution in [3.05, 3.63) is 11.6 Å². The summed E-state index contributed by atoms with van der Waals surface area (Å²) in [6.45, 7) is 5.34. The van der Waals surface area contributed by atoms with Crippen molar-refractivity contribution < 1.29 is 23.8 Å². The largest absolute Gasteiger partial charge is 0.496 e. The van der Waals surface area contributed by atoms with Gasteiger partial charge in [-0.05, 0) is 32.3 Å². The van der Waals surface area contributed by atoms with Gasteiger partial charge in [0, 0.05) is 0 Å². The summed E-state index contributed by atoms with van der Waals surface area (Å²) in [5.41, 5.74) is 1.06. The van der Waals surface area contributed by atoms with Gasteiger partial charge in [0.05, 0.1) is 24.4 Å². The third-order valence-electron chi connectivity index (χ3n) is 3.09. The number of hydrogen-bond acceptors (Lipinski definition) is 7. The Morgan fingerprint density at radius 2 is 1.96 bits per heavy atom. The molecule has 1 aromatic heterocycles. The number of ether oxygens (including phenoxy) is 3. The van der Waals surface area contributed by atoms with Crippen molar-refractivity contribution in [3.8, 4) is 5.75 Å². The van der Waals surface area contributed by atoms with Gasteiger partial charge in [0.15, 0.2) is 5.13 Å².